The van der Waals surface area contributed by atoms with Crippen LogP contribution in [0.1, 0.15) is 29.3 Å². The standard InChI is InChI=1S/C18H12ClFO4/c1-2-17(21)23-10-6-7-11-15(8-10)24-16(18(11)22)9-12-13(19)4-3-5-14(12)20/h3-9H,2H2,1H3/b16-9-. The van der Waals surface area contributed by atoms with Gasteiger partial charge in [-0.15, -0.1) is 0 Å². The Bertz CT molecular complexity index is 853. The molecule has 6 heteroatoms. The normalized spacial score (nSPS) is 14.5. The Morgan fingerprint density at radius 2 is 2.12 bits per heavy atom. The van der Waals surface area contributed by atoms with Gasteiger partial charge in [0.1, 0.15) is 17.3 Å². The quantitative estimate of drug-likeness (QED) is 0.469. The molecule has 0 aromatic heterocycles. The summed E-state index contributed by atoms with van der Waals surface area (Å²) in [5, 5.41) is 0.174. The van der Waals surface area contributed by atoms with Gasteiger partial charge in [-0.2, -0.15) is 0 Å². The van der Waals surface area contributed by atoms with Crippen LogP contribution in [-0.4, -0.2) is 11.8 Å². The molecular formula is C18H12ClFO4. The fourth-order valence-corrected chi connectivity index (χ4v) is 2.43. The first kappa shape index (κ1) is 16.2. The number of esters is 1. The minimum Gasteiger partial charge on any atom is -0.452 e. The lowest BCUT2D eigenvalue weighted by Crippen LogP contribution is -2.05. The predicted octanol–water partition coefficient (Wildman–Crippen LogP) is 4.41. The highest BCUT2D eigenvalue weighted by molar-refractivity contribution is 6.32. The number of hydrogen-bond donors (Lipinski definition) is 0. The molecule has 0 saturated carbocycles. The van der Waals surface area contributed by atoms with Crippen LogP contribution < -0.4 is 9.47 Å². The van der Waals surface area contributed by atoms with E-state index in [0.29, 0.717) is 5.56 Å². The van der Waals surface area contributed by atoms with Gasteiger partial charge in [0, 0.05) is 18.1 Å². The van der Waals surface area contributed by atoms with E-state index < -0.39 is 17.6 Å². The van der Waals surface area contributed by atoms with Crippen molar-refractivity contribution in [3.8, 4) is 11.5 Å². The topological polar surface area (TPSA) is 52.6 Å². The van der Waals surface area contributed by atoms with Crippen molar-refractivity contribution in [2.75, 3.05) is 0 Å². The molecule has 1 aliphatic heterocycles. The van der Waals surface area contributed by atoms with Crippen molar-refractivity contribution in [2.24, 2.45) is 0 Å². The monoisotopic (exact) mass is 346 g/mol. The summed E-state index contributed by atoms with van der Waals surface area (Å²) in [5.74, 6) is -0.861. The molecule has 0 radical (unpaired) electrons. The van der Waals surface area contributed by atoms with Crippen LogP contribution in [0.4, 0.5) is 4.39 Å². The van der Waals surface area contributed by atoms with Gasteiger partial charge in [0.05, 0.1) is 10.6 Å². The van der Waals surface area contributed by atoms with Crippen LogP contribution in [0.2, 0.25) is 5.02 Å². The molecule has 0 fully saturated rings. The van der Waals surface area contributed by atoms with Crippen LogP contribution in [0.25, 0.3) is 6.08 Å². The summed E-state index contributed by atoms with van der Waals surface area (Å²) in [6, 6.07) is 8.69. The van der Waals surface area contributed by atoms with Gasteiger partial charge >= 0.3 is 5.97 Å². The fraction of sp³-hybridized carbons (Fsp3) is 0.111. The Morgan fingerprint density at radius 1 is 1.33 bits per heavy atom. The van der Waals surface area contributed by atoms with Crippen LogP contribution >= 0.6 is 11.6 Å². The molecule has 4 nitrogen and oxygen atoms in total. The van der Waals surface area contributed by atoms with Gasteiger partial charge in [0.25, 0.3) is 0 Å². The number of ketones is 1. The number of carbonyl (C=O) groups is 2. The highest BCUT2D eigenvalue weighted by Gasteiger charge is 2.28. The van der Waals surface area contributed by atoms with E-state index >= 15 is 0 Å². The molecule has 122 valence electrons. The zero-order chi connectivity index (χ0) is 17.3. The van der Waals surface area contributed by atoms with Gasteiger partial charge in [-0.05, 0) is 30.3 Å². The Morgan fingerprint density at radius 3 is 2.83 bits per heavy atom. The van der Waals surface area contributed by atoms with Gasteiger partial charge in [-0.1, -0.05) is 24.6 Å². The molecule has 0 aliphatic carbocycles. The van der Waals surface area contributed by atoms with Crippen LogP contribution in [-0.2, 0) is 4.79 Å². The molecule has 2 aromatic carbocycles. The number of hydrogen-bond acceptors (Lipinski definition) is 4. The van der Waals surface area contributed by atoms with Gasteiger partial charge in [0.2, 0.25) is 5.78 Å². The van der Waals surface area contributed by atoms with Crippen molar-refractivity contribution in [3.63, 3.8) is 0 Å². The number of ether oxygens (including phenoxy) is 2. The van der Waals surface area contributed by atoms with Gasteiger partial charge in [0.15, 0.2) is 5.76 Å². The van der Waals surface area contributed by atoms with Crippen molar-refractivity contribution in [1.29, 1.82) is 0 Å². The average Bonchev–Trinajstić information content (AvgIpc) is 2.86. The Kier molecular flexibility index (Phi) is 4.36. The number of benzene rings is 2. The lowest BCUT2D eigenvalue weighted by Gasteiger charge is -2.04. The van der Waals surface area contributed by atoms with Gasteiger partial charge in [-0.25, -0.2) is 4.39 Å². The van der Waals surface area contributed by atoms with E-state index in [1.165, 1.54) is 42.5 Å². The summed E-state index contributed by atoms with van der Waals surface area (Å²) in [6.07, 6.45) is 1.49. The third-order valence-corrected chi connectivity index (χ3v) is 3.77. The second kappa shape index (κ2) is 6.45. The minimum atomic E-state index is -0.556. The SMILES string of the molecule is CCC(=O)Oc1ccc2c(c1)O/C(=C\c1c(F)cccc1Cl)C2=O. The lowest BCUT2D eigenvalue weighted by atomic mass is 10.1. The molecule has 0 bridgehead atoms. The molecule has 1 aliphatic rings. The molecule has 0 N–H and O–H groups in total. The molecule has 0 spiro atoms. The van der Waals surface area contributed by atoms with E-state index in [-0.39, 0.29) is 34.3 Å². The van der Waals surface area contributed by atoms with Crippen molar-refractivity contribution in [3.05, 3.63) is 64.1 Å². The highest BCUT2D eigenvalue weighted by Crippen LogP contribution is 2.35. The third-order valence-electron chi connectivity index (χ3n) is 3.44. The van der Waals surface area contributed by atoms with Gasteiger partial charge < -0.3 is 9.47 Å². The summed E-state index contributed by atoms with van der Waals surface area (Å²) in [7, 11) is 0. The average molecular weight is 347 g/mol. The lowest BCUT2D eigenvalue weighted by molar-refractivity contribution is -0.134. The molecule has 0 saturated heterocycles. The molecule has 2 aromatic rings. The predicted molar refractivity (Wildman–Crippen MR) is 86.7 cm³/mol. The van der Waals surface area contributed by atoms with Crippen molar-refractivity contribution < 1.29 is 23.5 Å². The Balaban J connectivity index is 1.93. The van der Waals surface area contributed by atoms with Crippen molar-refractivity contribution in [2.45, 2.75) is 13.3 Å². The molecule has 24 heavy (non-hydrogen) atoms. The van der Waals surface area contributed by atoms with Crippen LogP contribution in [0.3, 0.4) is 0 Å². The van der Waals surface area contributed by atoms with E-state index in [9.17, 15) is 14.0 Å². The highest BCUT2D eigenvalue weighted by atomic mass is 35.5. The summed E-state index contributed by atoms with van der Waals surface area (Å²) in [4.78, 5) is 23.7. The van der Waals surface area contributed by atoms with E-state index in [0.717, 1.165) is 0 Å². The Hall–Kier alpha value is -2.66. The van der Waals surface area contributed by atoms with E-state index in [1.807, 2.05) is 0 Å². The molecular weight excluding hydrogens is 335 g/mol. The first-order valence-corrected chi connectivity index (χ1v) is 7.60. The maximum absolute atomic E-state index is 13.9. The maximum atomic E-state index is 13.9. The smallest absolute Gasteiger partial charge is 0.310 e. The number of halogens is 2. The van der Waals surface area contributed by atoms with E-state index in [2.05, 4.69) is 0 Å². The summed E-state index contributed by atoms with van der Waals surface area (Å²) >= 11 is 5.96. The van der Waals surface area contributed by atoms with E-state index in [4.69, 9.17) is 21.1 Å². The third kappa shape index (κ3) is 3.03. The first-order valence-electron chi connectivity index (χ1n) is 7.22. The fourth-order valence-electron chi connectivity index (χ4n) is 2.21. The summed E-state index contributed by atoms with van der Waals surface area (Å²) in [5.41, 5.74) is 0.387. The molecule has 0 unspecified atom stereocenters. The second-order valence-electron chi connectivity index (χ2n) is 5.06. The van der Waals surface area contributed by atoms with Crippen LogP contribution in [0.15, 0.2) is 42.2 Å². The number of fused-ring (bicyclic) bond motifs is 1. The van der Waals surface area contributed by atoms with Crippen molar-refractivity contribution >= 4 is 29.4 Å². The second-order valence-corrected chi connectivity index (χ2v) is 5.47. The number of rotatable bonds is 3. The molecule has 0 amide bonds. The van der Waals surface area contributed by atoms with Crippen LogP contribution in [0, 0.1) is 5.82 Å². The minimum absolute atomic E-state index is 0.0454. The maximum Gasteiger partial charge on any atom is 0.310 e. The van der Waals surface area contributed by atoms with Crippen LogP contribution in [0.5, 0.6) is 11.5 Å². The Labute approximate surface area is 142 Å². The number of allylic oxidation sites excluding steroid dienone is 1. The zero-order valence-corrected chi connectivity index (χ0v) is 13.4. The summed E-state index contributed by atoms with van der Waals surface area (Å²) < 4.78 is 24.4. The zero-order valence-electron chi connectivity index (χ0n) is 12.6. The summed E-state index contributed by atoms with van der Waals surface area (Å²) in [6.45, 7) is 1.68. The van der Waals surface area contributed by atoms with Gasteiger partial charge in [-0.3, -0.25) is 9.59 Å². The van der Waals surface area contributed by atoms with Crippen molar-refractivity contribution in [1.82, 2.24) is 0 Å². The molecule has 1 heterocycles. The van der Waals surface area contributed by atoms with E-state index in [1.54, 1.807) is 6.92 Å². The number of Topliss-reactive ketones (excluding diaryl/α,β-unsaturated/α-hetero) is 1. The largest absolute Gasteiger partial charge is 0.452 e. The molecule has 0 atom stereocenters. The first-order chi connectivity index (χ1) is 11.5. The number of carbonyl (C=O) groups excluding carboxylic acids is 2. The molecule has 3 rings (SSSR count).